The molecule has 1 aromatic carbocycles. The third-order valence-electron chi connectivity index (χ3n) is 5.17. The first-order valence-corrected chi connectivity index (χ1v) is 9.57. The van der Waals surface area contributed by atoms with Crippen LogP contribution in [0.25, 0.3) is 11.2 Å². The van der Waals surface area contributed by atoms with Gasteiger partial charge in [0.25, 0.3) is 5.91 Å². The third-order valence-corrected chi connectivity index (χ3v) is 5.17. The number of aromatic amines is 1. The minimum absolute atomic E-state index is 0.00807. The number of ether oxygens (including phenoxy) is 2. The number of piperidine rings is 1. The van der Waals surface area contributed by atoms with Crippen LogP contribution in [0.15, 0.2) is 43.2 Å². The molecular formula is C21H23N5O3. The molecule has 8 nitrogen and oxygen atoms in total. The molecule has 1 amide bonds. The second-order valence-electron chi connectivity index (χ2n) is 6.90. The minimum Gasteiger partial charge on any atom is -0.493 e. The second kappa shape index (κ2) is 8.30. The zero-order valence-electron chi connectivity index (χ0n) is 16.3. The molecule has 0 unspecified atom stereocenters. The number of fused-ring (bicyclic) bond motifs is 1. The van der Waals surface area contributed by atoms with Gasteiger partial charge in [-0.05, 0) is 31.0 Å². The number of carbonyl (C=O) groups is 1. The Balaban J connectivity index is 1.44. The van der Waals surface area contributed by atoms with E-state index >= 15 is 0 Å². The van der Waals surface area contributed by atoms with Gasteiger partial charge in [-0.2, -0.15) is 5.10 Å². The average molecular weight is 393 g/mol. The summed E-state index contributed by atoms with van der Waals surface area (Å²) < 4.78 is 10.9. The van der Waals surface area contributed by atoms with E-state index in [-0.39, 0.29) is 11.8 Å². The van der Waals surface area contributed by atoms with E-state index in [9.17, 15) is 4.79 Å². The van der Waals surface area contributed by atoms with Crippen molar-refractivity contribution in [3.05, 3.63) is 54.5 Å². The standard InChI is InChI=1S/C21H23N5O3/c1-3-12-29-16-5-4-15(13-17(16)28-2)21(27)26-10-6-14(7-11-26)18-19-20(25-24-18)23-9-8-22-19/h3-5,8-9,13-14H,1,6-7,10-12H2,2H3,(H,23,24,25). The maximum atomic E-state index is 13.0. The van der Waals surface area contributed by atoms with Gasteiger partial charge in [0.15, 0.2) is 17.1 Å². The molecule has 2 aromatic heterocycles. The van der Waals surface area contributed by atoms with Crippen LogP contribution < -0.4 is 9.47 Å². The monoisotopic (exact) mass is 393 g/mol. The topological polar surface area (TPSA) is 93.2 Å². The van der Waals surface area contributed by atoms with Crippen LogP contribution in [-0.4, -0.2) is 57.8 Å². The molecule has 0 atom stereocenters. The fraction of sp³-hybridized carbons (Fsp3) is 0.333. The Bertz CT molecular complexity index is 1020. The van der Waals surface area contributed by atoms with Crippen molar-refractivity contribution in [3.8, 4) is 11.5 Å². The smallest absolute Gasteiger partial charge is 0.253 e. The lowest BCUT2D eigenvalue weighted by Gasteiger charge is -2.31. The van der Waals surface area contributed by atoms with Crippen molar-refractivity contribution in [1.82, 2.24) is 25.1 Å². The van der Waals surface area contributed by atoms with E-state index in [0.29, 0.717) is 42.4 Å². The van der Waals surface area contributed by atoms with E-state index in [1.54, 1.807) is 43.8 Å². The summed E-state index contributed by atoms with van der Waals surface area (Å²) in [5.41, 5.74) is 3.04. The Hall–Kier alpha value is -3.42. The summed E-state index contributed by atoms with van der Waals surface area (Å²) in [5.74, 6) is 1.40. The van der Waals surface area contributed by atoms with E-state index in [1.807, 2.05) is 4.90 Å². The zero-order chi connectivity index (χ0) is 20.2. The lowest BCUT2D eigenvalue weighted by Crippen LogP contribution is -2.38. The van der Waals surface area contributed by atoms with Crippen LogP contribution in [0.4, 0.5) is 0 Å². The SMILES string of the molecule is C=CCOc1ccc(C(=O)N2CCC(c3[nH]nc4nccnc34)CC2)cc1OC. The van der Waals surface area contributed by atoms with Crippen LogP contribution >= 0.6 is 0 Å². The first-order chi connectivity index (χ1) is 14.2. The Morgan fingerprint density at radius 3 is 2.83 bits per heavy atom. The van der Waals surface area contributed by atoms with Crippen molar-refractivity contribution < 1.29 is 14.3 Å². The third kappa shape index (κ3) is 3.78. The van der Waals surface area contributed by atoms with Gasteiger partial charge >= 0.3 is 0 Å². The van der Waals surface area contributed by atoms with Crippen LogP contribution in [0.1, 0.15) is 34.8 Å². The van der Waals surface area contributed by atoms with Gasteiger partial charge in [-0.3, -0.25) is 9.89 Å². The second-order valence-corrected chi connectivity index (χ2v) is 6.90. The van der Waals surface area contributed by atoms with Crippen LogP contribution in [0.5, 0.6) is 11.5 Å². The molecule has 0 bridgehead atoms. The van der Waals surface area contributed by atoms with Crippen LogP contribution in [-0.2, 0) is 0 Å². The maximum Gasteiger partial charge on any atom is 0.253 e. The summed E-state index contributed by atoms with van der Waals surface area (Å²) in [6.45, 7) is 5.35. The van der Waals surface area contributed by atoms with Gasteiger partial charge in [0.05, 0.1) is 12.8 Å². The molecule has 0 radical (unpaired) electrons. The molecule has 0 spiro atoms. The van der Waals surface area contributed by atoms with Crippen molar-refractivity contribution in [3.63, 3.8) is 0 Å². The molecule has 1 aliphatic rings. The normalized spacial score (nSPS) is 14.7. The Morgan fingerprint density at radius 1 is 1.28 bits per heavy atom. The number of nitrogens with zero attached hydrogens (tertiary/aromatic N) is 4. The Morgan fingerprint density at radius 2 is 2.07 bits per heavy atom. The Kier molecular flexibility index (Phi) is 5.41. The average Bonchev–Trinajstić information content (AvgIpc) is 3.21. The number of H-pyrrole nitrogens is 1. The molecule has 8 heteroatoms. The van der Waals surface area contributed by atoms with E-state index in [4.69, 9.17) is 9.47 Å². The highest BCUT2D eigenvalue weighted by Gasteiger charge is 2.27. The quantitative estimate of drug-likeness (QED) is 0.647. The van der Waals surface area contributed by atoms with Crippen molar-refractivity contribution in [2.45, 2.75) is 18.8 Å². The number of hydrogen-bond acceptors (Lipinski definition) is 6. The van der Waals surface area contributed by atoms with Crippen LogP contribution in [0.2, 0.25) is 0 Å². The fourth-order valence-electron chi connectivity index (χ4n) is 3.68. The number of likely N-dealkylation sites (tertiary alicyclic amines) is 1. The predicted octanol–water partition coefficient (Wildman–Crippen LogP) is 2.95. The van der Waals surface area contributed by atoms with Crippen LogP contribution in [0.3, 0.4) is 0 Å². The van der Waals surface area contributed by atoms with E-state index in [1.165, 1.54) is 0 Å². The number of hydrogen-bond donors (Lipinski definition) is 1. The molecule has 1 aliphatic heterocycles. The first kappa shape index (κ1) is 18.9. The molecule has 3 heterocycles. The van der Waals surface area contributed by atoms with Gasteiger partial charge in [0.2, 0.25) is 0 Å². The van der Waals surface area contributed by atoms with E-state index in [0.717, 1.165) is 24.1 Å². The van der Waals surface area contributed by atoms with Crippen molar-refractivity contribution in [1.29, 1.82) is 0 Å². The molecule has 1 saturated heterocycles. The predicted molar refractivity (Wildman–Crippen MR) is 108 cm³/mol. The van der Waals surface area contributed by atoms with E-state index < -0.39 is 0 Å². The van der Waals surface area contributed by atoms with Gasteiger partial charge in [0.1, 0.15) is 12.1 Å². The summed E-state index contributed by atoms with van der Waals surface area (Å²) >= 11 is 0. The lowest BCUT2D eigenvalue weighted by atomic mass is 9.92. The van der Waals surface area contributed by atoms with Gasteiger partial charge in [0, 0.05) is 37.0 Å². The molecule has 0 saturated carbocycles. The molecule has 29 heavy (non-hydrogen) atoms. The number of carbonyl (C=O) groups excluding carboxylic acids is 1. The lowest BCUT2D eigenvalue weighted by molar-refractivity contribution is 0.0712. The van der Waals surface area contributed by atoms with Crippen molar-refractivity contribution >= 4 is 17.1 Å². The summed E-state index contributed by atoms with van der Waals surface area (Å²) in [4.78, 5) is 23.5. The van der Waals surface area contributed by atoms with E-state index in [2.05, 4.69) is 26.7 Å². The number of amides is 1. The largest absolute Gasteiger partial charge is 0.493 e. The highest BCUT2D eigenvalue weighted by Crippen LogP contribution is 2.32. The molecule has 0 aliphatic carbocycles. The number of nitrogens with one attached hydrogen (secondary N) is 1. The molecule has 4 rings (SSSR count). The van der Waals surface area contributed by atoms with Gasteiger partial charge < -0.3 is 14.4 Å². The van der Waals surface area contributed by atoms with Gasteiger partial charge in [-0.25, -0.2) is 9.97 Å². The summed E-state index contributed by atoms with van der Waals surface area (Å²) in [6, 6.07) is 5.26. The minimum atomic E-state index is -0.00807. The van der Waals surface area contributed by atoms with Gasteiger partial charge in [-0.1, -0.05) is 12.7 Å². The fourth-order valence-corrected chi connectivity index (χ4v) is 3.68. The molecule has 150 valence electrons. The van der Waals surface area contributed by atoms with Crippen LogP contribution in [0, 0.1) is 0 Å². The highest BCUT2D eigenvalue weighted by molar-refractivity contribution is 5.95. The number of methoxy groups -OCH3 is 1. The van der Waals surface area contributed by atoms with Gasteiger partial charge in [-0.15, -0.1) is 0 Å². The van der Waals surface area contributed by atoms with Crippen molar-refractivity contribution in [2.24, 2.45) is 0 Å². The maximum absolute atomic E-state index is 13.0. The molecule has 1 fully saturated rings. The highest BCUT2D eigenvalue weighted by atomic mass is 16.5. The number of aromatic nitrogens is 4. The molecular weight excluding hydrogens is 370 g/mol. The first-order valence-electron chi connectivity index (χ1n) is 9.57. The molecule has 1 N–H and O–H groups in total. The van der Waals surface area contributed by atoms with Crippen molar-refractivity contribution in [2.75, 3.05) is 26.8 Å². The molecule has 3 aromatic rings. The summed E-state index contributed by atoms with van der Waals surface area (Å²) in [7, 11) is 1.56. The zero-order valence-corrected chi connectivity index (χ0v) is 16.3. The summed E-state index contributed by atoms with van der Waals surface area (Å²) in [6.07, 6.45) is 6.66. The number of rotatable bonds is 6. The summed E-state index contributed by atoms with van der Waals surface area (Å²) in [5, 5.41) is 7.31. The Labute approximate surface area is 168 Å². The number of benzene rings is 1.